The van der Waals surface area contributed by atoms with E-state index in [1.165, 1.54) is 4.90 Å². The number of amides is 1. The van der Waals surface area contributed by atoms with E-state index in [2.05, 4.69) is 21.3 Å². The first-order valence-corrected chi connectivity index (χ1v) is 15.6. The molecule has 0 saturated carbocycles. The monoisotopic (exact) mass is 612 g/mol. The summed E-state index contributed by atoms with van der Waals surface area (Å²) in [6.07, 6.45) is 4.60. The Balaban J connectivity index is 1.23. The van der Waals surface area contributed by atoms with Crippen LogP contribution in [0.15, 0.2) is 42.7 Å². The molecule has 45 heavy (non-hydrogen) atoms. The van der Waals surface area contributed by atoms with E-state index in [0.717, 1.165) is 66.5 Å². The van der Waals surface area contributed by atoms with Crippen LogP contribution in [0.2, 0.25) is 0 Å². The summed E-state index contributed by atoms with van der Waals surface area (Å²) in [5.41, 5.74) is 8.64. The Labute approximate surface area is 261 Å². The average molecular weight is 613 g/mol. The van der Waals surface area contributed by atoms with Gasteiger partial charge in [0.05, 0.1) is 23.5 Å². The lowest BCUT2D eigenvalue weighted by molar-refractivity contribution is -0.131. The van der Waals surface area contributed by atoms with Gasteiger partial charge in [-0.05, 0) is 50.2 Å². The highest BCUT2D eigenvalue weighted by Gasteiger charge is 2.45. The maximum absolute atomic E-state index is 13.8. The third kappa shape index (κ3) is 5.44. The number of nitrogen functional groups attached to an aromatic ring is 1. The predicted octanol–water partition coefficient (Wildman–Crippen LogP) is 3.85. The Morgan fingerprint density at radius 2 is 1.98 bits per heavy atom. The van der Waals surface area contributed by atoms with Gasteiger partial charge in [0.25, 0.3) is 5.91 Å². The van der Waals surface area contributed by atoms with E-state index in [9.17, 15) is 9.18 Å². The minimum Gasteiger partial charge on any atom is -0.461 e. The van der Waals surface area contributed by atoms with Crippen LogP contribution in [-0.2, 0) is 22.6 Å². The number of hydrogen-bond donors (Lipinski definition) is 1. The van der Waals surface area contributed by atoms with Gasteiger partial charge in [0.15, 0.2) is 5.83 Å². The summed E-state index contributed by atoms with van der Waals surface area (Å²) in [7, 11) is 0. The Morgan fingerprint density at radius 1 is 1.18 bits per heavy atom. The van der Waals surface area contributed by atoms with Crippen LogP contribution in [0.3, 0.4) is 0 Å². The molecule has 0 spiro atoms. The van der Waals surface area contributed by atoms with Crippen LogP contribution in [0.4, 0.5) is 16.0 Å². The number of benzene rings is 1. The van der Waals surface area contributed by atoms with Gasteiger partial charge in [-0.25, -0.2) is 15.9 Å². The van der Waals surface area contributed by atoms with Crippen molar-refractivity contribution in [3.63, 3.8) is 0 Å². The van der Waals surface area contributed by atoms with Crippen LogP contribution in [0.1, 0.15) is 48.7 Å². The summed E-state index contributed by atoms with van der Waals surface area (Å²) >= 11 is 0. The molecule has 12 heteroatoms. The zero-order valence-corrected chi connectivity index (χ0v) is 25.3. The molecule has 2 aromatic heterocycles. The van der Waals surface area contributed by atoms with Crippen molar-refractivity contribution < 1.29 is 18.7 Å². The van der Waals surface area contributed by atoms with Crippen LogP contribution >= 0.6 is 0 Å². The number of pyridine rings is 1. The Bertz CT molecular complexity index is 1680. The van der Waals surface area contributed by atoms with E-state index in [-0.39, 0.29) is 31.3 Å². The zero-order chi connectivity index (χ0) is 31.1. The van der Waals surface area contributed by atoms with Crippen LogP contribution in [0, 0.1) is 6.57 Å². The first-order chi connectivity index (χ1) is 21.8. The van der Waals surface area contributed by atoms with Crippen molar-refractivity contribution in [1.29, 1.82) is 0 Å². The molecule has 1 aromatic carbocycles. The number of carbonyl (C=O) groups is 1. The summed E-state index contributed by atoms with van der Waals surface area (Å²) in [6.45, 7) is 14.6. The molecule has 3 fully saturated rings. The molecule has 7 rings (SSSR count). The fraction of sp³-hybridized carbons (Fsp3) is 0.485. The fourth-order valence-corrected chi connectivity index (χ4v) is 7.62. The van der Waals surface area contributed by atoms with Crippen molar-refractivity contribution in [3.05, 3.63) is 71.1 Å². The van der Waals surface area contributed by atoms with E-state index < -0.39 is 17.8 Å². The van der Waals surface area contributed by atoms with E-state index in [1.54, 1.807) is 0 Å². The maximum Gasteiger partial charge on any atom is 0.318 e. The molecule has 4 aliphatic rings. The molecule has 4 aliphatic heterocycles. The molecule has 6 heterocycles. The number of rotatable bonds is 7. The second-order valence-electron chi connectivity index (χ2n) is 12.5. The summed E-state index contributed by atoms with van der Waals surface area (Å²) in [4.78, 5) is 36.6. The third-order valence-electron chi connectivity index (χ3n) is 9.81. The van der Waals surface area contributed by atoms with E-state index >= 15 is 0 Å². The highest BCUT2D eigenvalue weighted by molar-refractivity contribution is 5.91. The molecule has 2 N–H and O–H groups in total. The number of piperazine rings is 1. The molecular weight excluding hydrogens is 575 g/mol. The largest absolute Gasteiger partial charge is 0.461 e. The molecule has 0 radical (unpaired) electrons. The minimum absolute atomic E-state index is 0.0247. The van der Waals surface area contributed by atoms with Gasteiger partial charge in [-0.15, -0.1) is 0 Å². The van der Waals surface area contributed by atoms with E-state index in [4.69, 9.17) is 31.7 Å². The lowest BCUT2D eigenvalue weighted by atomic mass is 9.95. The summed E-state index contributed by atoms with van der Waals surface area (Å²) in [5.74, 6) is -0.714. The summed E-state index contributed by atoms with van der Waals surface area (Å²) < 4.78 is 26.7. The number of nitrogens with two attached hydrogens (primary N) is 1. The molecule has 1 unspecified atom stereocenters. The Hall–Kier alpha value is -4.34. The van der Waals surface area contributed by atoms with Crippen LogP contribution < -0.4 is 15.4 Å². The smallest absolute Gasteiger partial charge is 0.318 e. The quantitative estimate of drug-likeness (QED) is 0.314. The van der Waals surface area contributed by atoms with Crippen LogP contribution in [0.25, 0.3) is 15.6 Å². The third-order valence-corrected chi connectivity index (χ3v) is 9.81. The molecule has 3 saturated heterocycles. The molecule has 0 bridgehead atoms. The topological polar surface area (TPSA) is 114 Å². The Morgan fingerprint density at radius 3 is 2.76 bits per heavy atom. The number of nitrogens with zero attached hydrogens (tertiary/aromatic N) is 7. The highest BCUT2D eigenvalue weighted by Crippen LogP contribution is 2.40. The SMILES string of the molecule is [C-]#[N+]C[C@H]1CN(c2nc(OCC34CCCN3CCC4)nc3c2COC(c2nc(N)cc4ccccc24)C3)CCN1C(=O)C(=C)F. The van der Waals surface area contributed by atoms with Crippen molar-refractivity contribution in [3.8, 4) is 6.01 Å². The molecule has 1 amide bonds. The van der Waals surface area contributed by atoms with Crippen LogP contribution in [0.5, 0.6) is 6.01 Å². The molecule has 3 aromatic rings. The number of halogens is 1. The van der Waals surface area contributed by atoms with Gasteiger partial charge in [0.1, 0.15) is 30.4 Å². The van der Waals surface area contributed by atoms with Crippen LogP contribution in [-0.4, -0.2) is 88.1 Å². The second kappa shape index (κ2) is 11.9. The van der Waals surface area contributed by atoms with Gasteiger partial charge in [0.2, 0.25) is 6.54 Å². The number of carbonyl (C=O) groups excluding carboxylic acids is 1. The van der Waals surface area contributed by atoms with E-state index in [1.807, 2.05) is 35.2 Å². The summed E-state index contributed by atoms with van der Waals surface area (Å²) in [5, 5.41) is 1.97. The molecule has 2 atom stereocenters. The van der Waals surface area contributed by atoms with Gasteiger partial charge < -0.3 is 29.9 Å². The summed E-state index contributed by atoms with van der Waals surface area (Å²) in [6, 6.07) is 9.63. The number of fused-ring (bicyclic) bond motifs is 3. The fourth-order valence-electron chi connectivity index (χ4n) is 7.62. The minimum atomic E-state index is -1.03. The predicted molar refractivity (Wildman–Crippen MR) is 167 cm³/mol. The van der Waals surface area contributed by atoms with Crippen molar-refractivity contribution in [2.75, 3.05) is 56.5 Å². The van der Waals surface area contributed by atoms with Gasteiger partial charge in [-0.2, -0.15) is 9.97 Å². The van der Waals surface area contributed by atoms with Gasteiger partial charge in [-0.3, -0.25) is 9.69 Å². The van der Waals surface area contributed by atoms with Gasteiger partial charge in [0, 0.05) is 37.0 Å². The maximum atomic E-state index is 13.8. The zero-order valence-electron chi connectivity index (χ0n) is 25.3. The normalized spacial score (nSPS) is 22.6. The standard InChI is InChI=1S/C33H37FN8O3/c1-21(34)31(43)42-14-13-40(18-23(42)17-36-2)30-25-19-44-27(29-24-8-4-3-7-22(24)15-28(35)38-29)16-26(25)37-32(39-30)45-20-33-9-5-11-41(33)12-6-10-33/h3-4,7-8,15,23,27H,1,5-6,9-14,16-20H2,(H2,35,38)/t23-,27?/m0/s1. The van der Waals surface area contributed by atoms with Gasteiger partial charge in [-0.1, -0.05) is 30.8 Å². The lowest BCUT2D eigenvalue weighted by Crippen LogP contribution is -2.57. The Kier molecular flexibility index (Phi) is 7.75. The molecule has 0 aliphatic carbocycles. The molecular formula is C33H37FN8O3. The van der Waals surface area contributed by atoms with Crippen molar-refractivity contribution in [2.24, 2.45) is 0 Å². The first kappa shape index (κ1) is 29.4. The second-order valence-corrected chi connectivity index (χ2v) is 12.5. The average Bonchev–Trinajstić information content (AvgIpc) is 3.63. The molecule has 11 nitrogen and oxygen atoms in total. The number of hydrogen-bond acceptors (Lipinski definition) is 9. The highest BCUT2D eigenvalue weighted by atomic mass is 19.1. The number of aromatic nitrogens is 3. The van der Waals surface area contributed by atoms with Crippen molar-refractivity contribution >= 4 is 28.3 Å². The van der Waals surface area contributed by atoms with Crippen molar-refractivity contribution in [1.82, 2.24) is 24.8 Å². The lowest BCUT2D eigenvalue weighted by Gasteiger charge is -2.40. The number of ether oxygens (including phenoxy) is 2. The number of anilines is 2. The first-order valence-electron chi connectivity index (χ1n) is 15.6. The van der Waals surface area contributed by atoms with Crippen molar-refractivity contribution in [2.45, 2.75) is 56.4 Å². The van der Waals surface area contributed by atoms with Gasteiger partial charge >= 0.3 is 6.01 Å². The van der Waals surface area contributed by atoms with E-state index in [0.29, 0.717) is 43.8 Å². The molecule has 234 valence electrons.